The molecule has 0 radical (unpaired) electrons. The van der Waals surface area contributed by atoms with Crippen LogP contribution in [0.25, 0.3) is 0 Å². The van der Waals surface area contributed by atoms with E-state index in [9.17, 15) is 4.79 Å². The molecular weight excluding hydrogens is 236 g/mol. The minimum absolute atomic E-state index is 0. The van der Waals surface area contributed by atoms with Crippen LogP contribution in [-0.2, 0) is 4.79 Å². The van der Waals surface area contributed by atoms with Crippen molar-refractivity contribution in [2.75, 3.05) is 7.05 Å². The van der Waals surface area contributed by atoms with Gasteiger partial charge in [0.25, 0.3) is 0 Å². The largest absolute Gasteiger partial charge is 0.341 e. The van der Waals surface area contributed by atoms with E-state index >= 15 is 0 Å². The summed E-state index contributed by atoms with van der Waals surface area (Å²) in [5.41, 5.74) is 0. The summed E-state index contributed by atoms with van der Waals surface area (Å²) in [6.07, 6.45) is 8.82. The summed E-state index contributed by atoms with van der Waals surface area (Å²) in [7, 11) is 1.98. The molecule has 0 spiro atoms. The minimum Gasteiger partial charge on any atom is -0.341 e. The summed E-state index contributed by atoms with van der Waals surface area (Å²) < 4.78 is 0. The van der Waals surface area contributed by atoms with Crippen molar-refractivity contribution in [3.63, 3.8) is 0 Å². The average molecular weight is 259 g/mol. The number of carbonyl (C=O) groups is 1. The van der Waals surface area contributed by atoms with E-state index in [1.807, 2.05) is 11.9 Å². The van der Waals surface area contributed by atoms with Crippen LogP contribution in [0.15, 0.2) is 0 Å². The molecule has 1 aliphatic heterocycles. The molecule has 1 amide bonds. The van der Waals surface area contributed by atoms with Gasteiger partial charge in [-0.05, 0) is 38.0 Å². The number of likely N-dealkylation sites (N-methyl/N-ethyl adjacent to an activating group) is 1. The fourth-order valence-corrected chi connectivity index (χ4v) is 3.40. The second kappa shape index (κ2) is 5.15. The molecular formula is C13H23ClN2O. The van der Waals surface area contributed by atoms with E-state index in [1.165, 1.54) is 38.5 Å². The third kappa shape index (κ3) is 2.60. The highest BCUT2D eigenvalue weighted by Gasteiger charge is 2.41. The number of halogens is 1. The number of rotatable bonds is 2. The van der Waals surface area contributed by atoms with E-state index in [4.69, 9.17) is 0 Å². The second-order valence-corrected chi connectivity index (χ2v) is 5.79. The highest BCUT2D eigenvalue weighted by atomic mass is 35.5. The SMILES string of the molecule is CN(C(=O)C1CC2CCCCC2N1)C1CC1.Cl. The standard InChI is InChI=1S/C13H22N2O.ClH/c1-15(10-6-7-10)13(16)12-8-9-4-2-3-5-11(9)14-12;/h9-12,14H,2-8H2,1H3;1H. The predicted octanol–water partition coefficient (Wildman–Crippen LogP) is 1.95. The van der Waals surface area contributed by atoms with Gasteiger partial charge in [0.2, 0.25) is 5.91 Å². The lowest BCUT2D eigenvalue weighted by Gasteiger charge is -2.24. The molecule has 2 saturated carbocycles. The van der Waals surface area contributed by atoms with Crippen molar-refractivity contribution in [1.29, 1.82) is 0 Å². The van der Waals surface area contributed by atoms with Crippen molar-refractivity contribution in [3.05, 3.63) is 0 Å². The number of fused-ring (bicyclic) bond motifs is 1. The fraction of sp³-hybridized carbons (Fsp3) is 0.923. The van der Waals surface area contributed by atoms with E-state index in [2.05, 4.69) is 5.32 Å². The third-order valence-corrected chi connectivity index (χ3v) is 4.60. The molecule has 3 aliphatic rings. The molecule has 2 aliphatic carbocycles. The van der Waals surface area contributed by atoms with Crippen molar-refractivity contribution >= 4 is 18.3 Å². The minimum atomic E-state index is 0. The molecule has 3 unspecified atom stereocenters. The van der Waals surface area contributed by atoms with E-state index in [1.54, 1.807) is 0 Å². The Bertz CT molecular complexity index is 279. The van der Waals surface area contributed by atoms with Crippen LogP contribution in [0.4, 0.5) is 0 Å². The van der Waals surface area contributed by atoms with Crippen LogP contribution in [0, 0.1) is 5.92 Å². The molecule has 1 saturated heterocycles. The number of nitrogens with one attached hydrogen (secondary N) is 1. The Labute approximate surface area is 110 Å². The molecule has 0 aromatic heterocycles. The molecule has 3 rings (SSSR count). The Morgan fingerprint density at radius 2 is 1.88 bits per heavy atom. The Morgan fingerprint density at radius 3 is 2.53 bits per heavy atom. The van der Waals surface area contributed by atoms with E-state index < -0.39 is 0 Å². The summed E-state index contributed by atoms with van der Waals surface area (Å²) in [5.74, 6) is 1.12. The summed E-state index contributed by atoms with van der Waals surface area (Å²) in [6.45, 7) is 0. The van der Waals surface area contributed by atoms with Crippen molar-refractivity contribution < 1.29 is 4.79 Å². The van der Waals surface area contributed by atoms with Crippen LogP contribution in [0.5, 0.6) is 0 Å². The highest BCUT2D eigenvalue weighted by molar-refractivity contribution is 5.85. The smallest absolute Gasteiger partial charge is 0.239 e. The van der Waals surface area contributed by atoms with Crippen LogP contribution < -0.4 is 5.32 Å². The third-order valence-electron chi connectivity index (χ3n) is 4.60. The van der Waals surface area contributed by atoms with Crippen LogP contribution in [0.3, 0.4) is 0 Å². The van der Waals surface area contributed by atoms with E-state index in [0.29, 0.717) is 18.0 Å². The molecule has 0 bridgehead atoms. The van der Waals surface area contributed by atoms with Gasteiger partial charge in [0.15, 0.2) is 0 Å². The summed E-state index contributed by atoms with van der Waals surface area (Å²) in [5, 5.41) is 3.56. The first-order valence-corrected chi connectivity index (χ1v) is 6.78. The number of hydrogen-bond donors (Lipinski definition) is 1. The topological polar surface area (TPSA) is 32.3 Å². The molecule has 0 aromatic rings. The van der Waals surface area contributed by atoms with Crippen molar-refractivity contribution in [2.24, 2.45) is 5.92 Å². The van der Waals surface area contributed by atoms with Crippen LogP contribution in [-0.4, -0.2) is 36.0 Å². The Balaban J connectivity index is 0.00000108. The number of amides is 1. The van der Waals surface area contributed by atoms with Crippen LogP contribution >= 0.6 is 12.4 Å². The predicted molar refractivity (Wildman–Crippen MR) is 70.3 cm³/mol. The monoisotopic (exact) mass is 258 g/mol. The van der Waals surface area contributed by atoms with Crippen LogP contribution in [0.2, 0.25) is 0 Å². The van der Waals surface area contributed by atoms with Crippen molar-refractivity contribution in [3.8, 4) is 0 Å². The van der Waals surface area contributed by atoms with Gasteiger partial charge in [-0.1, -0.05) is 12.8 Å². The second-order valence-electron chi connectivity index (χ2n) is 5.79. The van der Waals surface area contributed by atoms with Gasteiger partial charge in [0, 0.05) is 19.1 Å². The number of nitrogens with zero attached hydrogens (tertiary/aromatic N) is 1. The zero-order valence-electron chi connectivity index (χ0n) is 10.5. The van der Waals surface area contributed by atoms with Gasteiger partial charge in [-0.15, -0.1) is 12.4 Å². The lowest BCUT2D eigenvalue weighted by atomic mass is 9.85. The molecule has 3 atom stereocenters. The van der Waals surface area contributed by atoms with Crippen molar-refractivity contribution in [1.82, 2.24) is 10.2 Å². The molecule has 98 valence electrons. The molecule has 17 heavy (non-hydrogen) atoms. The van der Waals surface area contributed by atoms with Gasteiger partial charge in [-0.25, -0.2) is 0 Å². The van der Waals surface area contributed by atoms with Crippen molar-refractivity contribution in [2.45, 2.75) is 63.1 Å². The molecule has 4 heteroatoms. The normalized spacial score (nSPS) is 35.9. The summed E-state index contributed by atoms with van der Waals surface area (Å²) in [4.78, 5) is 14.2. The average Bonchev–Trinajstić information content (AvgIpc) is 3.06. The maximum atomic E-state index is 12.2. The molecule has 3 fully saturated rings. The van der Waals surface area contributed by atoms with Gasteiger partial charge in [-0.2, -0.15) is 0 Å². The fourth-order valence-electron chi connectivity index (χ4n) is 3.40. The lowest BCUT2D eigenvalue weighted by Crippen LogP contribution is -2.44. The molecule has 3 nitrogen and oxygen atoms in total. The Hall–Kier alpha value is -0.280. The van der Waals surface area contributed by atoms with E-state index in [0.717, 1.165) is 12.3 Å². The van der Waals surface area contributed by atoms with Crippen LogP contribution in [0.1, 0.15) is 44.9 Å². The van der Waals surface area contributed by atoms with Gasteiger partial charge in [0.05, 0.1) is 6.04 Å². The Morgan fingerprint density at radius 1 is 1.18 bits per heavy atom. The highest BCUT2D eigenvalue weighted by Crippen LogP contribution is 2.34. The number of carbonyl (C=O) groups excluding carboxylic acids is 1. The van der Waals surface area contributed by atoms with Gasteiger partial charge in [0.1, 0.15) is 0 Å². The quantitative estimate of drug-likeness (QED) is 0.821. The lowest BCUT2D eigenvalue weighted by molar-refractivity contribution is -0.132. The first-order valence-electron chi connectivity index (χ1n) is 6.78. The van der Waals surface area contributed by atoms with Gasteiger partial charge >= 0.3 is 0 Å². The molecule has 0 aromatic carbocycles. The zero-order chi connectivity index (χ0) is 11.1. The first kappa shape index (κ1) is 13.2. The Kier molecular flexibility index (Phi) is 3.99. The maximum absolute atomic E-state index is 12.2. The van der Waals surface area contributed by atoms with Gasteiger partial charge < -0.3 is 10.2 Å². The first-order chi connectivity index (χ1) is 7.75. The summed E-state index contributed by atoms with van der Waals surface area (Å²) in [6, 6.07) is 1.31. The molecule has 1 N–H and O–H groups in total. The molecule has 1 heterocycles. The summed E-state index contributed by atoms with van der Waals surface area (Å²) >= 11 is 0. The van der Waals surface area contributed by atoms with Gasteiger partial charge in [-0.3, -0.25) is 4.79 Å². The number of hydrogen-bond acceptors (Lipinski definition) is 2. The maximum Gasteiger partial charge on any atom is 0.239 e. The van der Waals surface area contributed by atoms with E-state index in [-0.39, 0.29) is 18.4 Å². The zero-order valence-corrected chi connectivity index (χ0v) is 11.3.